The van der Waals surface area contributed by atoms with E-state index < -0.39 is 10.0 Å². The standard InChI is InChI=1S/C23H28FN3O3S/c1-3-27(4-2)22-13-7-18(15-21(22)24)16-25-23(28)14-8-17-5-11-20(12-6-17)31(29,30)26-19-9-10-19/h5-8,11-15,19,26H,3-4,9-10,16H2,1-2H3,(H,25,28)/b14-8+. The molecule has 166 valence electrons. The molecule has 0 bridgehead atoms. The van der Waals surface area contributed by atoms with Gasteiger partial charge in [-0.3, -0.25) is 4.79 Å². The fourth-order valence-corrected chi connectivity index (χ4v) is 4.45. The first-order valence-electron chi connectivity index (χ1n) is 10.4. The van der Waals surface area contributed by atoms with Crippen LogP contribution in [0.25, 0.3) is 6.08 Å². The molecule has 0 aromatic heterocycles. The van der Waals surface area contributed by atoms with E-state index in [1.807, 2.05) is 18.7 Å². The maximum absolute atomic E-state index is 14.3. The first kappa shape index (κ1) is 23.0. The number of anilines is 1. The fourth-order valence-electron chi connectivity index (χ4n) is 3.15. The zero-order valence-corrected chi connectivity index (χ0v) is 18.6. The molecule has 8 heteroatoms. The monoisotopic (exact) mass is 445 g/mol. The maximum Gasteiger partial charge on any atom is 0.244 e. The van der Waals surface area contributed by atoms with Gasteiger partial charge in [0.2, 0.25) is 15.9 Å². The van der Waals surface area contributed by atoms with Crippen LogP contribution in [0.1, 0.15) is 37.8 Å². The molecule has 2 N–H and O–H groups in total. The van der Waals surface area contributed by atoms with Gasteiger partial charge in [0.1, 0.15) is 5.82 Å². The molecule has 1 saturated carbocycles. The minimum atomic E-state index is -3.49. The Labute approximate surface area is 183 Å². The lowest BCUT2D eigenvalue weighted by Crippen LogP contribution is -2.25. The van der Waals surface area contributed by atoms with Crippen molar-refractivity contribution in [2.24, 2.45) is 0 Å². The van der Waals surface area contributed by atoms with E-state index in [-0.39, 0.29) is 29.2 Å². The highest BCUT2D eigenvalue weighted by Crippen LogP contribution is 2.22. The Morgan fingerprint density at radius 3 is 2.39 bits per heavy atom. The highest BCUT2D eigenvalue weighted by Gasteiger charge is 2.27. The second-order valence-corrected chi connectivity index (χ2v) is 9.19. The maximum atomic E-state index is 14.3. The van der Waals surface area contributed by atoms with Crippen LogP contribution in [0.5, 0.6) is 0 Å². The first-order chi connectivity index (χ1) is 14.8. The summed E-state index contributed by atoms with van der Waals surface area (Å²) in [6.45, 7) is 5.60. The molecule has 31 heavy (non-hydrogen) atoms. The summed E-state index contributed by atoms with van der Waals surface area (Å²) in [7, 11) is -3.49. The summed E-state index contributed by atoms with van der Waals surface area (Å²) in [5, 5.41) is 2.73. The summed E-state index contributed by atoms with van der Waals surface area (Å²) in [5.41, 5.74) is 1.93. The zero-order valence-electron chi connectivity index (χ0n) is 17.8. The van der Waals surface area contributed by atoms with Gasteiger partial charge in [-0.05, 0) is 68.2 Å². The highest BCUT2D eigenvalue weighted by molar-refractivity contribution is 7.89. The van der Waals surface area contributed by atoms with Crippen molar-refractivity contribution < 1.29 is 17.6 Å². The molecule has 1 aliphatic carbocycles. The molecule has 2 aromatic rings. The van der Waals surface area contributed by atoms with Gasteiger partial charge in [0.05, 0.1) is 10.6 Å². The molecule has 0 unspecified atom stereocenters. The molecule has 0 atom stereocenters. The molecule has 0 radical (unpaired) electrons. The lowest BCUT2D eigenvalue weighted by atomic mass is 10.1. The van der Waals surface area contributed by atoms with E-state index in [1.165, 1.54) is 24.3 Å². The smallest absolute Gasteiger partial charge is 0.244 e. The van der Waals surface area contributed by atoms with Crippen LogP contribution in [0.15, 0.2) is 53.4 Å². The molecule has 6 nitrogen and oxygen atoms in total. The third-order valence-electron chi connectivity index (χ3n) is 5.10. The number of hydrogen-bond donors (Lipinski definition) is 2. The van der Waals surface area contributed by atoms with Crippen molar-refractivity contribution >= 4 is 27.7 Å². The van der Waals surface area contributed by atoms with Crippen molar-refractivity contribution in [3.8, 4) is 0 Å². The van der Waals surface area contributed by atoms with Gasteiger partial charge in [0.15, 0.2) is 0 Å². The Bertz CT molecular complexity index is 1040. The van der Waals surface area contributed by atoms with Crippen molar-refractivity contribution in [2.75, 3.05) is 18.0 Å². The second-order valence-electron chi connectivity index (χ2n) is 7.47. The molecule has 1 amide bonds. The van der Waals surface area contributed by atoms with Gasteiger partial charge >= 0.3 is 0 Å². The number of nitrogens with one attached hydrogen (secondary N) is 2. The van der Waals surface area contributed by atoms with Crippen molar-refractivity contribution in [1.82, 2.24) is 10.0 Å². The summed E-state index contributed by atoms with van der Waals surface area (Å²) < 4.78 is 41.3. The van der Waals surface area contributed by atoms with Gasteiger partial charge in [0.25, 0.3) is 0 Å². The van der Waals surface area contributed by atoms with Crippen LogP contribution < -0.4 is 14.9 Å². The van der Waals surface area contributed by atoms with Gasteiger partial charge < -0.3 is 10.2 Å². The van der Waals surface area contributed by atoms with Gasteiger partial charge in [-0.25, -0.2) is 17.5 Å². The van der Waals surface area contributed by atoms with Crippen LogP contribution in [0.2, 0.25) is 0 Å². The summed E-state index contributed by atoms with van der Waals surface area (Å²) >= 11 is 0. The number of hydrogen-bond acceptors (Lipinski definition) is 4. The topological polar surface area (TPSA) is 78.5 Å². The number of rotatable bonds is 10. The predicted molar refractivity (Wildman–Crippen MR) is 121 cm³/mol. The average molecular weight is 446 g/mol. The van der Waals surface area contributed by atoms with Crippen molar-refractivity contribution in [3.63, 3.8) is 0 Å². The molecule has 0 spiro atoms. The summed E-state index contributed by atoms with van der Waals surface area (Å²) in [6.07, 6.45) is 4.72. The lowest BCUT2D eigenvalue weighted by Gasteiger charge is -2.21. The quantitative estimate of drug-likeness (QED) is 0.549. The third-order valence-corrected chi connectivity index (χ3v) is 6.64. The molecule has 1 aliphatic rings. The molecule has 0 aliphatic heterocycles. The van der Waals surface area contributed by atoms with Crippen LogP contribution in [-0.2, 0) is 21.4 Å². The fraction of sp³-hybridized carbons (Fsp3) is 0.348. The summed E-state index contributed by atoms with van der Waals surface area (Å²) in [4.78, 5) is 14.2. The normalized spacial score (nSPS) is 14.0. The molecular formula is C23H28FN3O3S. The van der Waals surface area contributed by atoms with Gasteiger partial charge in [-0.2, -0.15) is 0 Å². The molecule has 2 aromatic carbocycles. The van der Waals surface area contributed by atoms with Gasteiger partial charge in [-0.15, -0.1) is 0 Å². The number of benzene rings is 2. The first-order valence-corrected chi connectivity index (χ1v) is 11.9. The second kappa shape index (κ2) is 10.1. The van der Waals surface area contributed by atoms with E-state index in [4.69, 9.17) is 0 Å². The predicted octanol–water partition coefficient (Wildman–Crippen LogP) is 3.44. The van der Waals surface area contributed by atoms with Gasteiger partial charge in [0, 0.05) is 31.8 Å². The van der Waals surface area contributed by atoms with Crippen molar-refractivity contribution in [2.45, 2.75) is 44.2 Å². The van der Waals surface area contributed by atoms with Crippen molar-refractivity contribution in [3.05, 3.63) is 65.5 Å². The van der Waals surface area contributed by atoms with Crippen LogP contribution in [0.4, 0.5) is 10.1 Å². The minimum absolute atomic E-state index is 0.0511. The highest BCUT2D eigenvalue weighted by atomic mass is 32.2. The Morgan fingerprint density at radius 1 is 1.13 bits per heavy atom. The molecule has 0 saturated heterocycles. The Hall–Kier alpha value is -2.71. The third kappa shape index (κ3) is 6.38. The zero-order chi connectivity index (χ0) is 22.4. The number of amides is 1. The number of carbonyl (C=O) groups is 1. The molecular weight excluding hydrogens is 417 g/mol. The number of sulfonamides is 1. The van der Waals surface area contributed by atoms with E-state index >= 15 is 0 Å². The number of halogens is 1. The Kier molecular flexibility index (Phi) is 7.46. The summed E-state index contributed by atoms with van der Waals surface area (Å²) in [6, 6.07) is 11.3. The van der Waals surface area contributed by atoms with E-state index in [2.05, 4.69) is 10.0 Å². The number of carbonyl (C=O) groups excluding carboxylic acids is 1. The van der Waals surface area contributed by atoms with Crippen LogP contribution in [0, 0.1) is 5.82 Å². The summed E-state index contributed by atoms with van der Waals surface area (Å²) in [5.74, 6) is -0.627. The van der Waals surface area contributed by atoms with Crippen LogP contribution in [-0.4, -0.2) is 33.5 Å². The molecule has 1 fully saturated rings. The van der Waals surface area contributed by atoms with Crippen LogP contribution in [0.3, 0.4) is 0 Å². The Morgan fingerprint density at radius 2 is 1.81 bits per heavy atom. The van der Waals surface area contributed by atoms with E-state index in [9.17, 15) is 17.6 Å². The molecule has 0 heterocycles. The molecule has 3 rings (SSSR count). The van der Waals surface area contributed by atoms with E-state index in [0.717, 1.165) is 25.9 Å². The number of nitrogens with zero attached hydrogens (tertiary/aromatic N) is 1. The van der Waals surface area contributed by atoms with Gasteiger partial charge in [-0.1, -0.05) is 18.2 Å². The van der Waals surface area contributed by atoms with Crippen molar-refractivity contribution in [1.29, 1.82) is 0 Å². The largest absolute Gasteiger partial charge is 0.370 e. The Balaban J connectivity index is 1.54. The minimum Gasteiger partial charge on any atom is -0.370 e. The van der Waals surface area contributed by atoms with E-state index in [0.29, 0.717) is 16.8 Å². The van der Waals surface area contributed by atoms with E-state index in [1.54, 1.807) is 30.3 Å². The lowest BCUT2D eigenvalue weighted by molar-refractivity contribution is -0.116. The SMILES string of the molecule is CCN(CC)c1ccc(CNC(=O)/C=C/c2ccc(S(=O)(=O)NC3CC3)cc2)cc1F. The average Bonchev–Trinajstić information content (AvgIpc) is 3.56. The van der Waals surface area contributed by atoms with Crippen LogP contribution >= 0.6 is 0 Å².